The molecule has 4 amide bonds. The van der Waals surface area contributed by atoms with E-state index in [2.05, 4.69) is 5.32 Å². The van der Waals surface area contributed by atoms with Crippen LogP contribution < -0.4 is 23.7 Å². The molecule has 11 nitrogen and oxygen atoms in total. The third-order valence-electron chi connectivity index (χ3n) is 6.08. The molecular formula is C30H29ClN2O9S. The highest BCUT2D eigenvalue weighted by Gasteiger charge is 2.36. The zero-order valence-corrected chi connectivity index (χ0v) is 25.2. The Morgan fingerprint density at radius 3 is 2.35 bits per heavy atom. The molecule has 1 aliphatic rings. The molecule has 0 saturated carbocycles. The summed E-state index contributed by atoms with van der Waals surface area (Å²) in [4.78, 5) is 39.5. The number of hydrogen-bond acceptors (Lipinski definition) is 9. The Kier molecular flexibility index (Phi) is 9.94. The molecule has 0 radical (unpaired) electrons. The molecule has 1 aliphatic heterocycles. The molecule has 226 valence electrons. The first kappa shape index (κ1) is 31.4. The van der Waals surface area contributed by atoms with Crippen LogP contribution in [0.25, 0.3) is 6.08 Å². The number of urea groups is 1. The van der Waals surface area contributed by atoms with Crippen LogP contribution in [0, 0.1) is 0 Å². The maximum absolute atomic E-state index is 13.4. The van der Waals surface area contributed by atoms with Crippen molar-refractivity contribution in [3.63, 3.8) is 0 Å². The van der Waals surface area contributed by atoms with Crippen molar-refractivity contribution in [1.29, 1.82) is 0 Å². The number of barbiturate groups is 1. The van der Waals surface area contributed by atoms with E-state index in [1.807, 2.05) is 13.8 Å². The predicted octanol–water partition coefficient (Wildman–Crippen LogP) is 4.97. The molecule has 0 spiro atoms. The van der Waals surface area contributed by atoms with Gasteiger partial charge >= 0.3 is 16.1 Å². The Hall–Kier alpha value is -4.55. The minimum absolute atomic E-state index is 0.0655. The average molecular weight is 629 g/mol. The maximum atomic E-state index is 13.4. The van der Waals surface area contributed by atoms with E-state index in [1.54, 1.807) is 36.4 Å². The summed E-state index contributed by atoms with van der Waals surface area (Å²) in [7, 11) is -2.97. The summed E-state index contributed by atoms with van der Waals surface area (Å²) < 4.78 is 47.4. The lowest BCUT2D eigenvalue weighted by molar-refractivity contribution is -0.130. The van der Waals surface area contributed by atoms with Crippen molar-refractivity contribution in [1.82, 2.24) is 10.2 Å². The van der Waals surface area contributed by atoms with Crippen LogP contribution in [0.2, 0.25) is 5.02 Å². The highest BCUT2D eigenvalue weighted by Crippen LogP contribution is 2.39. The maximum Gasteiger partial charge on any atom is 0.339 e. The Bertz CT molecular complexity index is 1670. The largest absolute Gasteiger partial charge is 0.493 e. The van der Waals surface area contributed by atoms with E-state index < -0.39 is 28.0 Å². The smallest absolute Gasteiger partial charge is 0.339 e. The van der Waals surface area contributed by atoms with Crippen molar-refractivity contribution in [2.24, 2.45) is 0 Å². The number of hydrogen-bond donors (Lipinski definition) is 1. The van der Waals surface area contributed by atoms with Crippen molar-refractivity contribution in [3.8, 4) is 23.0 Å². The fourth-order valence-corrected chi connectivity index (χ4v) is 5.37. The molecule has 3 aromatic rings. The molecule has 1 N–H and O–H groups in total. The van der Waals surface area contributed by atoms with Gasteiger partial charge < -0.3 is 18.4 Å². The Morgan fingerprint density at radius 1 is 0.930 bits per heavy atom. The molecule has 13 heteroatoms. The van der Waals surface area contributed by atoms with E-state index in [4.69, 9.17) is 30.0 Å². The zero-order chi connectivity index (χ0) is 31.1. The quantitative estimate of drug-likeness (QED) is 0.167. The van der Waals surface area contributed by atoms with Gasteiger partial charge in [0.2, 0.25) is 5.75 Å². The average Bonchev–Trinajstić information content (AvgIpc) is 2.98. The van der Waals surface area contributed by atoms with Crippen LogP contribution in [0.5, 0.6) is 23.0 Å². The summed E-state index contributed by atoms with van der Waals surface area (Å²) in [5.74, 6) is -1.10. The Labute approximate surface area is 254 Å². The number of halogens is 1. The predicted molar refractivity (Wildman–Crippen MR) is 158 cm³/mol. The second-order valence-electron chi connectivity index (χ2n) is 9.16. The summed E-state index contributed by atoms with van der Waals surface area (Å²) in [5, 5.41) is 2.01. The van der Waals surface area contributed by atoms with Crippen LogP contribution >= 0.6 is 11.6 Å². The monoisotopic (exact) mass is 628 g/mol. The van der Waals surface area contributed by atoms with Gasteiger partial charge in [0.05, 0.1) is 31.9 Å². The first-order chi connectivity index (χ1) is 20.6. The fourth-order valence-electron chi connectivity index (χ4n) is 4.09. The van der Waals surface area contributed by atoms with Gasteiger partial charge in [0.1, 0.15) is 10.5 Å². The highest BCUT2D eigenvalue weighted by molar-refractivity contribution is 7.87. The fraction of sp³-hybridized carbons (Fsp3) is 0.233. The van der Waals surface area contributed by atoms with Gasteiger partial charge in [-0.15, -0.1) is 0 Å². The number of carbonyl (C=O) groups excluding carboxylic acids is 3. The summed E-state index contributed by atoms with van der Waals surface area (Å²) in [6, 6.07) is 14.3. The number of carbonyl (C=O) groups is 3. The lowest BCUT2D eigenvalue weighted by atomic mass is 10.1. The van der Waals surface area contributed by atoms with Crippen LogP contribution in [0.1, 0.15) is 31.4 Å². The molecule has 4 rings (SSSR count). The van der Waals surface area contributed by atoms with Crippen molar-refractivity contribution >= 4 is 45.6 Å². The molecule has 0 atom stereocenters. The van der Waals surface area contributed by atoms with Crippen molar-refractivity contribution < 1.29 is 41.2 Å². The first-order valence-corrected chi connectivity index (χ1v) is 15.0. The lowest BCUT2D eigenvalue weighted by Crippen LogP contribution is -2.53. The molecule has 3 aromatic carbocycles. The molecular weight excluding hydrogens is 600 g/mol. The first-order valence-electron chi connectivity index (χ1n) is 13.2. The van der Waals surface area contributed by atoms with Crippen LogP contribution in [0.4, 0.5) is 4.79 Å². The number of methoxy groups -OCH3 is 1. The van der Waals surface area contributed by atoms with Crippen molar-refractivity contribution in [2.45, 2.75) is 31.7 Å². The molecule has 0 unspecified atom stereocenters. The van der Waals surface area contributed by atoms with Gasteiger partial charge in [-0.05, 0) is 66.9 Å². The molecule has 1 saturated heterocycles. The van der Waals surface area contributed by atoms with Gasteiger partial charge in [0.15, 0.2) is 17.2 Å². The summed E-state index contributed by atoms with van der Waals surface area (Å²) in [6.45, 7) is 4.52. The van der Waals surface area contributed by atoms with E-state index in [9.17, 15) is 22.8 Å². The Morgan fingerprint density at radius 2 is 1.67 bits per heavy atom. The molecule has 0 bridgehead atoms. The van der Waals surface area contributed by atoms with Gasteiger partial charge in [0.25, 0.3) is 11.8 Å². The van der Waals surface area contributed by atoms with Crippen molar-refractivity contribution in [3.05, 3.63) is 82.4 Å². The zero-order valence-electron chi connectivity index (χ0n) is 23.6. The SMILES string of the molecule is CCCOc1ccc(CN2C(=O)NC(=O)/C(=C\c3cc(Cl)c(OS(=O)(=O)c4ccccc4)c(OC)c3)C2=O)cc1OCC. The second kappa shape index (κ2) is 13.6. The minimum atomic E-state index is -4.24. The standard InChI is InChI=1S/C30H29ClN2O9S/c1-4-13-41-24-12-11-19(16-25(24)40-5-2)18-33-29(35)22(28(34)32-30(33)36)14-20-15-23(31)27(26(17-20)39-3)42-43(37,38)21-9-7-6-8-10-21/h6-12,14-17H,4-5,13,18H2,1-3H3,(H,32,34,36)/b22-14+. The van der Waals surface area contributed by atoms with Crippen LogP contribution in [-0.2, 0) is 26.3 Å². The minimum Gasteiger partial charge on any atom is -0.493 e. The van der Waals surface area contributed by atoms with Gasteiger partial charge in [-0.25, -0.2) is 4.79 Å². The third kappa shape index (κ3) is 7.27. The lowest BCUT2D eigenvalue weighted by Gasteiger charge is -2.26. The van der Waals surface area contributed by atoms with E-state index in [-0.39, 0.29) is 39.1 Å². The molecule has 43 heavy (non-hydrogen) atoms. The molecule has 1 fully saturated rings. The number of ether oxygens (including phenoxy) is 3. The van der Waals surface area contributed by atoms with Gasteiger partial charge in [-0.2, -0.15) is 8.42 Å². The molecule has 0 aromatic heterocycles. The summed E-state index contributed by atoms with van der Waals surface area (Å²) in [6.07, 6.45) is 2.02. The highest BCUT2D eigenvalue weighted by atomic mass is 35.5. The van der Waals surface area contributed by atoms with E-state index in [0.29, 0.717) is 30.3 Å². The number of nitrogens with zero attached hydrogens (tertiary/aromatic N) is 1. The Balaban J connectivity index is 1.62. The number of rotatable bonds is 12. The van der Waals surface area contributed by atoms with Gasteiger partial charge in [-0.1, -0.05) is 42.8 Å². The topological polar surface area (TPSA) is 138 Å². The number of nitrogens with one attached hydrogen (secondary N) is 1. The van der Waals surface area contributed by atoms with Gasteiger partial charge in [-0.3, -0.25) is 19.8 Å². The summed E-state index contributed by atoms with van der Waals surface area (Å²) in [5.41, 5.74) is 0.432. The van der Waals surface area contributed by atoms with Gasteiger partial charge in [0, 0.05) is 0 Å². The second-order valence-corrected chi connectivity index (χ2v) is 11.1. The van der Waals surface area contributed by atoms with E-state index >= 15 is 0 Å². The summed E-state index contributed by atoms with van der Waals surface area (Å²) >= 11 is 6.37. The number of amides is 4. The number of imide groups is 2. The normalized spacial score (nSPS) is 14.5. The van der Waals surface area contributed by atoms with Crippen LogP contribution in [0.3, 0.4) is 0 Å². The van der Waals surface area contributed by atoms with Crippen molar-refractivity contribution in [2.75, 3.05) is 20.3 Å². The van der Waals surface area contributed by atoms with Crippen LogP contribution in [0.15, 0.2) is 71.1 Å². The van der Waals surface area contributed by atoms with Crippen LogP contribution in [-0.4, -0.2) is 51.5 Å². The van der Waals surface area contributed by atoms with E-state index in [1.165, 1.54) is 37.5 Å². The number of benzene rings is 3. The van der Waals surface area contributed by atoms with E-state index in [0.717, 1.165) is 11.3 Å². The third-order valence-corrected chi connectivity index (χ3v) is 7.60. The molecule has 1 heterocycles. The molecule has 0 aliphatic carbocycles.